The SMILES string of the molecule is CN(C)C(Cc1ccc(Br)cc1)C(=O)C(C)(C)C. The van der Waals surface area contributed by atoms with Gasteiger partial charge in [0, 0.05) is 9.89 Å². The van der Waals surface area contributed by atoms with E-state index in [1.54, 1.807) is 0 Å². The quantitative estimate of drug-likeness (QED) is 0.847. The number of rotatable bonds is 4. The first-order valence-corrected chi connectivity index (χ1v) is 6.96. The predicted octanol–water partition coefficient (Wildman–Crippen LogP) is 3.54. The van der Waals surface area contributed by atoms with E-state index in [2.05, 4.69) is 28.1 Å². The molecule has 1 atom stereocenters. The summed E-state index contributed by atoms with van der Waals surface area (Å²) in [6.45, 7) is 5.94. The van der Waals surface area contributed by atoms with E-state index in [9.17, 15) is 4.79 Å². The van der Waals surface area contributed by atoms with Gasteiger partial charge in [-0.2, -0.15) is 0 Å². The number of nitrogens with zero attached hydrogens (tertiary/aromatic N) is 1. The zero-order chi connectivity index (χ0) is 13.9. The Balaban J connectivity index is 2.88. The van der Waals surface area contributed by atoms with E-state index >= 15 is 0 Å². The molecule has 100 valence electrons. The zero-order valence-corrected chi connectivity index (χ0v) is 13.4. The van der Waals surface area contributed by atoms with E-state index in [1.807, 2.05) is 51.9 Å². The van der Waals surface area contributed by atoms with Crippen molar-refractivity contribution in [3.05, 3.63) is 34.3 Å². The highest BCUT2D eigenvalue weighted by molar-refractivity contribution is 9.10. The molecule has 0 bridgehead atoms. The number of benzene rings is 1. The highest BCUT2D eigenvalue weighted by Gasteiger charge is 2.30. The van der Waals surface area contributed by atoms with Crippen LogP contribution < -0.4 is 0 Å². The molecule has 18 heavy (non-hydrogen) atoms. The van der Waals surface area contributed by atoms with Crippen molar-refractivity contribution in [2.75, 3.05) is 14.1 Å². The molecule has 0 aromatic heterocycles. The van der Waals surface area contributed by atoms with Crippen molar-refractivity contribution in [3.63, 3.8) is 0 Å². The predicted molar refractivity (Wildman–Crippen MR) is 79.8 cm³/mol. The molecule has 1 aromatic rings. The second-order valence-electron chi connectivity index (χ2n) is 5.92. The first-order chi connectivity index (χ1) is 8.21. The van der Waals surface area contributed by atoms with Crippen LogP contribution in [0.5, 0.6) is 0 Å². The van der Waals surface area contributed by atoms with Gasteiger partial charge in [-0.25, -0.2) is 0 Å². The summed E-state index contributed by atoms with van der Waals surface area (Å²) in [4.78, 5) is 14.4. The minimum atomic E-state index is -0.301. The van der Waals surface area contributed by atoms with Gasteiger partial charge in [-0.3, -0.25) is 9.69 Å². The first-order valence-electron chi connectivity index (χ1n) is 6.17. The van der Waals surface area contributed by atoms with Crippen molar-refractivity contribution in [1.82, 2.24) is 4.90 Å². The fourth-order valence-electron chi connectivity index (χ4n) is 1.85. The summed E-state index contributed by atoms with van der Waals surface area (Å²) in [6, 6.07) is 8.10. The van der Waals surface area contributed by atoms with E-state index in [4.69, 9.17) is 0 Å². The van der Waals surface area contributed by atoms with Gasteiger partial charge in [-0.15, -0.1) is 0 Å². The van der Waals surface area contributed by atoms with Crippen LogP contribution in [0, 0.1) is 5.41 Å². The Morgan fingerprint density at radius 1 is 1.22 bits per heavy atom. The fraction of sp³-hybridized carbons (Fsp3) is 0.533. The fourth-order valence-corrected chi connectivity index (χ4v) is 2.12. The van der Waals surface area contributed by atoms with Crippen molar-refractivity contribution in [2.24, 2.45) is 5.41 Å². The van der Waals surface area contributed by atoms with Crippen LogP contribution in [-0.2, 0) is 11.2 Å². The Morgan fingerprint density at radius 2 is 1.72 bits per heavy atom. The van der Waals surface area contributed by atoms with Crippen molar-refractivity contribution in [3.8, 4) is 0 Å². The molecule has 1 unspecified atom stereocenters. The smallest absolute Gasteiger partial charge is 0.155 e. The number of likely N-dealkylation sites (N-methyl/N-ethyl adjacent to an activating group) is 1. The van der Waals surface area contributed by atoms with Gasteiger partial charge < -0.3 is 0 Å². The highest BCUT2D eigenvalue weighted by atomic mass is 79.9. The van der Waals surface area contributed by atoms with Crippen molar-refractivity contribution in [2.45, 2.75) is 33.2 Å². The van der Waals surface area contributed by atoms with Crippen LogP contribution in [0.2, 0.25) is 0 Å². The molecule has 0 aliphatic heterocycles. The average Bonchev–Trinajstić information content (AvgIpc) is 2.25. The summed E-state index contributed by atoms with van der Waals surface area (Å²) in [5, 5.41) is 0. The Hall–Kier alpha value is -0.670. The molecule has 1 rings (SSSR count). The van der Waals surface area contributed by atoms with Crippen LogP contribution in [0.3, 0.4) is 0 Å². The second kappa shape index (κ2) is 5.98. The Morgan fingerprint density at radius 3 is 2.11 bits per heavy atom. The molecule has 1 aromatic carbocycles. The highest BCUT2D eigenvalue weighted by Crippen LogP contribution is 2.21. The van der Waals surface area contributed by atoms with E-state index in [0.29, 0.717) is 0 Å². The van der Waals surface area contributed by atoms with Gasteiger partial charge in [0.1, 0.15) is 0 Å². The molecule has 0 saturated carbocycles. The Labute approximate surface area is 119 Å². The van der Waals surface area contributed by atoms with Gasteiger partial charge in [0.05, 0.1) is 6.04 Å². The monoisotopic (exact) mass is 311 g/mol. The third-order valence-corrected chi connectivity index (χ3v) is 3.54. The average molecular weight is 312 g/mol. The number of ketones is 1. The van der Waals surface area contributed by atoms with E-state index in [1.165, 1.54) is 5.56 Å². The molecule has 0 N–H and O–H groups in total. The van der Waals surface area contributed by atoms with Crippen molar-refractivity contribution >= 4 is 21.7 Å². The largest absolute Gasteiger partial charge is 0.299 e. The number of hydrogen-bond acceptors (Lipinski definition) is 2. The minimum absolute atomic E-state index is 0.0637. The standard InChI is InChI=1S/C15H22BrNO/c1-15(2,3)14(18)13(17(4)5)10-11-6-8-12(16)9-7-11/h6-9,13H,10H2,1-5H3. The van der Waals surface area contributed by atoms with Crippen LogP contribution in [-0.4, -0.2) is 30.8 Å². The van der Waals surface area contributed by atoms with Crippen LogP contribution >= 0.6 is 15.9 Å². The summed E-state index contributed by atoms with van der Waals surface area (Å²) < 4.78 is 1.06. The van der Waals surface area contributed by atoms with Gasteiger partial charge >= 0.3 is 0 Å². The van der Waals surface area contributed by atoms with Crippen LogP contribution in [0.1, 0.15) is 26.3 Å². The maximum absolute atomic E-state index is 12.4. The molecule has 0 amide bonds. The lowest BCUT2D eigenvalue weighted by Gasteiger charge is -2.29. The van der Waals surface area contributed by atoms with Crippen LogP contribution in [0.4, 0.5) is 0 Å². The molecule has 0 fully saturated rings. The summed E-state index contributed by atoms with van der Waals surface area (Å²) in [6.07, 6.45) is 0.760. The third kappa shape index (κ3) is 4.21. The lowest BCUT2D eigenvalue weighted by Crippen LogP contribution is -2.43. The third-order valence-electron chi connectivity index (χ3n) is 3.01. The maximum atomic E-state index is 12.4. The topological polar surface area (TPSA) is 20.3 Å². The first kappa shape index (κ1) is 15.4. The maximum Gasteiger partial charge on any atom is 0.155 e. The van der Waals surface area contributed by atoms with Gasteiger partial charge in [0.2, 0.25) is 0 Å². The normalized spacial score (nSPS) is 13.7. The molecule has 0 radical (unpaired) electrons. The Kier molecular flexibility index (Phi) is 5.11. The van der Waals surface area contributed by atoms with Crippen molar-refractivity contribution in [1.29, 1.82) is 0 Å². The van der Waals surface area contributed by atoms with E-state index in [0.717, 1.165) is 10.9 Å². The Bertz CT molecular complexity index is 403. The summed E-state index contributed by atoms with van der Waals surface area (Å²) in [5.41, 5.74) is 0.888. The molecular weight excluding hydrogens is 290 g/mol. The molecule has 0 aliphatic carbocycles. The molecule has 0 aliphatic rings. The number of carbonyl (C=O) groups is 1. The number of carbonyl (C=O) groups excluding carboxylic acids is 1. The molecule has 0 heterocycles. The summed E-state index contributed by atoms with van der Waals surface area (Å²) in [5.74, 6) is 0.287. The van der Waals surface area contributed by atoms with E-state index < -0.39 is 0 Å². The number of halogens is 1. The van der Waals surface area contributed by atoms with Gasteiger partial charge in [-0.05, 0) is 38.2 Å². The van der Waals surface area contributed by atoms with E-state index in [-0.39, 0.29) is 17.2 Å². The van der Waals surface area contributed by atoms with Crippen LogP contribution in [0.25, 0.3) is 0 Å². The summed E-state index contributed by atoms with van der Waals surface area (Å²) >= 11 is 3.42. The molecule has 0 spiro atoms. The number of hydrogen-bond donors (Lipinski definition) is 0. The molecular formula is C15H22BrNO. The molecule has 2 nitrogen and oxygen atoms in total. The van der Waals surface area contributed by atoms with Gasteiger partial charge in [0.25, 0.3) is 0 Å². The van der Waals surface area contributed by atoms with Gasteiger partial charge in [0.15, 0.2) is 5.78 Å². The lowest BCUT2D eigenvalue weighted by atomic mass is 9.84. The number of Topliss-reactive ketones (excluding diaryl/α,β-unsaturated/α-hetero) is 1. The minimum Gasteiger partial charge on any atom is -0.299 e. The zero-order valence-electron chi connectivity index (χ0n) is 11.8. The molecule has 3 heteroatoms. The van der Waals surface area contributed by atoms with Gasteiger partial charge in [-0.1, -0.05) is 48.8 Å². The lowest BCUT2D eigenvalue weighted by molar-refractivity contribution is -0.130. The van der Waals surface area contributed by atoms with Crippen LogP contribution in [0.15, 0.2) is 28.7 Å². The summed E-state index contributed by atoms with van der Waals surface area (Å²) in [7, 11) is 3.93. The van der Waals surface area contributed by atoms with Crippen molar-refractivity contribution < 1.29 is 4.79 Å². The second-order valence-corrected chi connectivity index (χ2v) is 6.84. The molecule has 0 saturated heterocycles.